The molecule has 0 spiro atoms. The monoisotopic (exact) mass is 358 g/mol. The molecule has 8 heteroatoms. The van der Waals surface area contributed by atoms with Crippen molar-refractivity contribution >= 4 is 50.7 Å². The summed E-state index contributed by atoms with van der Waals surface area (Å²) in [6, 6.07) is 2.64. The molecule has 0 aliphatic rings. The quantitative estimate of drug-likeness (QED) is 0.687. The Hall–Kier alpha value is -0.490. The topological polar surface area (TPSA) is 60.4 Å². The van der Waals surface area contributed by atoms with Gasteiger partial charge >= 0.3 is 10.1 Å². The third-order valence-electron chi connectivity index (χ3n) is 2.33. The number of carbonyl (C=O) groups is 1. The molecule has 1 aromatic carbocycles. The highest BCUT2D eigenvalue weighted by Crippen LogP contribution is 2.36. The Morgan fingerprint density at radius 1 is 1.15 bits per heavy atom. The van der Waals surface area contributed by atoms with Gasteiger partial charge in [0, 0.05) is 17.9 Å². The van der Waals surface area contributed by atoms with E-state index in [4.69, 9.17) is 39.0 Å². The average molecular weight is 360 g/mol. The van der Waals surface area contributed by atoms with Gasteiger partial charge in [-0.1, -0.05) is 41.7 Å². The molecule has 0 aliphatic carbocycles. The zero-order chi connectivity index (χ0) is 15.3. The summed E-state index contributed by atoms with van der Waals surface area (Å²) < 4.78 is 28.4. The van der Waals surface area contributed by atoms with E-state index >= 15 is 0 Å². The van der Waals surface area contributed by atoms with Crippen LogP contribution in [-0.4, -0.2) is 20.0 Å². The molecule has 0 atom stereocenters. The normalized spacial score (nSPS) is 11.4. The van der Waals surface area contributed by atoms with Crippen LogP contribution in [0.2, 0.25) is 15.1 Å². The minimum atomic E-state index is -3.94. The number of ketones is 1. The van der Waals surface area contributed by atoms with Crippen molar-refractivity contribution in [3.05, 3.63) is 27.2 Å². The van der Waals surface area contributed by atoms with E-state index in [1.807, 2.05) is 6.92 Å². The van der Waals surface area contributed by atoms with E-state index in [1.165, 1.54) is 12.1 Å². The van der Waals surface area contributed by atoms with Crippen molar-refractivity contribution in [2.75, 3.05) is 5.75 Å². The van der Waals surface area contributed by atoms with E-state index in [9.17, 15) is 13.2 Å². The predicted octanol–water partition coefficient (Wildman–Crippen LogP) is 4.11. The second-order valence-electron chi connectivity index (χ2n) is 4.08. The SMILES string of the molecule is CCCC(=O)CCS(=O)(=O)Oc1c(Cl)cc(Cl)cc1Cl. The summed E-state index contributed by atoms with van der Waals surface area (Å²) in [6.45, 7) is 1.84. The lowest BCUT2D eigenvalue weighted by atomic mass is 10.2. The Bertz CT molecular complexity index is 576. The first-order chi connectivity index (χ1) is 9.25. The van der Waals surface area contributed by atoms with E-state index in [-0.39, 0.29) is 33.0 Å². The van der Waals surface area contributed by atoms with Crippen molar-refractivity contribution in [1.29, 1.82) is 0 Å². The Labute approximate surface area is 133 Å². The van der Waals surface area contributed by atoms with Gasteiger partial charge in [0.15, 0.2) is 5.75 Å². The molecule has 20 heavy (non-hydrogen) atoms. The van der Waals surface area contributed by atoms with Gasteiger partial charge in [-0.25, -0.2) is 0 Å². The van der Waals surface area contributed by atoms with Crippen LogP contribution in [0.25, 0.3) is 0 Å². The molecule has 0 aromatic heterocycles. The maximum absolute atomic E-state index is 11.8. The molecule has 4 nitrogen and oxygen atoms in total. The van der Waals surface area contributed by atoms with Crippen molar-refractivity contribution in [3.8, 4) is 5.75 Å². The van der Waals surface area contributed by atoms with Gasteiger partial charge in [0.25, 0.3) is 0 Å². The van der Waals surface area contributed by atoms with Crippen LogP contribution in [-0.2, 0) is 14.9 Å². The average Bonchev–Trinajstić information content (AvgIpc) is 2.32. The molecule has 1 aromatic rings. The summed E-state index contributed by atoms with van der Waals surface area (Å²) in [5.41, 5.74) is 0. The molecule has 0 unspecified atom stereocenters. The summed E-state index contributed by atoms with van der Waals surface area (Å²) in [5, 5.41) is 0.250. The summed E-state index contributed by atoms with van der Waals surface area (Å²) in [5.74, 6) is -0.727. The number of rotatable bonds is 7. The Balaban J connectivity index is 2.79. The fourth-order valence-electron chi connectivity index (χ4n) is 1.42. The highest BCUT2D eigenvalue weighted by atomic mass is 35.5. The molecule has 0 fully saturated rings. The number of benzene rings is 1. The third-order valence-corrected chi connectivity index (χ3v) is 4.24. The van der Waals surface area contributed by atoms with E-state index < -0.39 is 15.9 Å². The zero-order valence-electron chi connectivity index (χ0n) is 10.7. The van der Waals surface area contributed by atoms with Crippen LogP contribution in [0, 0.1) is 0 Å². The number of hydrogen-bond acceptors (Lipinski definition) is 4. The molecule has 112 valence electrons. The van der Waals surface area contributed by atoms with Gasteiger partial charge in [0.1, 0.15) is 5.78 Å². The Morgan fingerprint density at radius 3 is 2.20 bits per heavy atom. The smallest absolute Gasteiger partial charge is 0.309 e. The van der Waals surface area contributed by atoms with Crippen LogP contribution in [0.5, 0.6) is 5.75 Å². The van der Waals surface area contributed by atoms with E-state index in [0.717, 1.165) is 0 Å². The van der Waals surface area contributed by atoms with Crippen molar-refractivity contribution in [2.45, 2.75) is 26.2 Å². The molecule has 0 saturated carbocycles. The fourth-order valence-corrected chi connectivity index (χ4v) is 3.40. The minimum absolute atomic E-state index is 0.00837. The lowest BCUT2D eigenvalue weighted by Gasteiger charge is -2.10. The van der Waals surface area contributed by atoms with Gasteiger partial charge < -0.3 is 4.18 Å². The second-order valence-corrected chi connectivity index (χ2v) is 7.02. The Kier molecular flexibility index (Phi) is 6.58. The van der Waals surface area contributed by atoms with Gasteiger partial charge in [-0.3, -0.25) is 4.79 Å². The third kappa shape index (κ3) is 5.48. The molecule has 0 saturated heterocycles. The standard InChI is InChI=1S/C12H13Cl3O4S/c1-2-3-9(16)4-5-20(17,18)19-12-10(14)6-8(13)7-11(12)15/h6-7H,2-5H2,1H3. The predicted molar refractivity (Wildman–Crippen MR) is 80.4 cm³/mol. The van der Waals surface area contributed by atoms with Crippen LogP contribution < -0.4 is 4.18 Å². The number of halogens is 3. The lowest BCUT2D eigenvalue weighted by molar-refractivity contribution is -0.118. The highest BCUT2D eigenvalue weighted by Gasteiger charge is 2.19. The van der Waals surface area contributed by atoms with Crippen molar-refractivity contribution in [1.82, 2.24) is 0 Å². The zero-order valence-corrected chi connectivity index (χ0v) is 13.7. The van der Waals surface area contributed by atoms with Crippen LogP contribution in [0.4, 0.5) is 0 Å². The van der Waals surface area contributed by atoms with Crippen LogP contribution >= 0.6 is 34.8 Å². The van der Waals surface area contributed by atoms with Gasteiger partial charge in [0.05, 0.1) is 15.8 Å². The van der Waals surface area contributed by atoms with Gasteiger partial charge in [-0.15, -0.1) is 0 Å². The number of Topliss-reactive ketones (excluding diaryl/α,β-unsaturated/α-hetero) is 1. The molecule has 0 N–H and O–H groups in total. The first-order valence-corrected chi connectivity index (χ1v) is 8.54. The second kappa shape index (κ2) is 7.50. The summed E-state index contributed by atoms with van der Waals surface area (Å²) >= 11 is 17.4. The number of hydrogen-bond donors (Lipinski definition) is 0. The van der Waals surface area contributed by atoms with Crippen LogP contribution in [0.1, 0.15) is 26.2 Å². The molecule has 0 bridgehead atoms. The maximum atomic E-state index is 11.8. The van der Waals surface area contributed by atoms with Crippen molar-refractivity contribution in [3.63, 3.8) is 0 Å². The van der Waals surface area contributed by atoms with E-state index in [0.29, 0.717) is 12.8 Å². The molecule has 0 heterocycles. The van der Waals surface area contributed by atoms with E-state index in [1.54, 1.807) is 0 Å². The first-order valence-electron chi connectivity index (χ1n) is 5.83. The van der Waals surface area contributed by atoms with Crippen LogP contribution in [0.15, 0.2) is 12.1 Å². The van der Waals surface area contributed by atoms with Gasteiger partial charge in [0.2, 0.25) is 0 Å². The molecule has 1 rings (SSSR count). The summed E-state index contributed by atoms with van der Waals surface area (Å²) in [7, 11) is -3.94. The molecule has 0 radical (unpaired) electrons. The molecular weight excluding hydrogens is 347 g/mol. The number of carbonyl (C=O) groups excluding carboxylic acids is 1. The molecule has 0 aliphatic heterocycles. The largest absolute Gasteiger partial charge is 0.379 e. The first kappa shape index (κ1) is 17.6. The Morgan fingerprint density at radius 2 is 1.70 bits per heavy atom. The molecule has 0 amide bonds. The maximum Gasteiger partial charge on any atom is 0.309 e. The van der Waals surface area contributed by atoms with Crippen LogP contribution in [0.3, 0.4) is 0 Å². The highest BCUT2D eigenvalue weighted by molar-refractivity contribution is 7.87. The van der Waals surface area contributed by atoms with Gasteiger partial charge in [-0.2, -0.15) is 8.42 Å². The fraction of sp³-hybridized carbons (Fsp3) is 0.417. The van der Waals surface area contributed by atoms with Crippen molar-refractivity contribution in [2.24, 2.45) is 0 Å². The molecular formula is C12H13Cl3O4S. The van der Waals surface area contributed by atoms with E-state index in [2.05, 4.69) is 0 Å². The summed E-state index contributed by atoms with van der Waals surface area (Å²) in [4.78, 5) is 11.3. The summed E-state index contributed by atoms with van der Waals surface area (Å²) in [6.07, 6.45) is 0.922. The van der Waals surface area contributed by atoms with Crippen molar-refractivity contribution < 1.29 is 17.4 Å². The minimum Gasteiger partial charge on any atom is -0.379 e. The van der Waals surface area contributed by atoms with Gasteiger partial charge in [-0.05, 0) is 18.6 Å². The lowest BCUT2D eigenvalue weighted by Crippen LogP contribution is -2.17.